The summed E-state index contributed by atoms with van der Waals surface area (Å²) in [6.07, 6.45) is 0. The Balaban J connectivity index is 0.000000354. The third kappa shape index (κ3) is 16.8. The minimum absolute atomic E-state index is 0. The van der Waals surface area contributed by atoms with E-state index >= 15 is 0 Å². The van der Waals surface area contributed by atoms with Crippen molar-refractivity contribution >= 4 is 80.9 Å². The molecule has 1 amide bonds. The van der Waals surface area contributed by atoms with Crippen molar-refractivity contribution in [2.45, 2.75) is 120 Å². The summed E-state index contributed by atoms with van der Waals surface area (Å²) < 4.78 is 16.7. The molecule has 6 aromatic heterocycles. The zero-order chi connectivity index (χ0) is 58.8. The van der Waals surface area contributed by atoms with E-state index in [1.807, 2.05) is 79.4 Å². The third-order valence-corrected chi connectivity index (χ3v) is 14.3. The Kier molecular flexibility index (Phi) is 23.4. The Bertz CT molecular complexity index is 3640. The molecule has 2 aliphatic heterocycles. The van der Waals surface area contributed by atoms with Crippen LogP contribution in [0, 0.1) is 0 Å². The van der Waals surface area contributed by atoms with Gasteiger partial charge in [-0.05, 0) is 106 Å². The zero-order valence-corrected chi connectivity index (χ0v) is 50.8. The van der Waals surface area contributed by atoms with Gasteiger partial charge in [0.2, 0.25) is 5.76 Å². The fourth-order valence-electron chi connectivity index (χ4n) is 9.74. The van der Waals surface area contributed by atoms with Crippen molar-refractivity contribution in [3.05, 3.63) is 153 Å². The summed E-state index contributed by atoms with van der Waals surface area (Å²) in [5, 5.41) is 23.2. The van der Waals surface area contributed by atoms with Crippen LogP contribution in [0.25, 0.3) is 44.7 Å². The number of aromatic nitrogens is 4. The van der Waals surface area contributed by atoms with Crippen LogP contribution in [-0.4, -0.2) is 116 Å². The largest absolute Gasteiger partial charge is 0.477 e. The molecule has 85 heavy (non-hydrogen) atoms. The smallest absolute Gasteiger partial charge is 0.371 e. The molecule has 10 rings (SSSR count). The topological polar surface area (TPSA) is 218 Å². The van der Waals surface area contributed by atoms with E-state index in [0.29, 0.717) is 70.0 Å². The quantitative estimate of drug-likeness (QED) is 0.114. The van der Waals surface area contributed by atoms with Crippen LogP contribution in [0.5, 0.6) is 0 Å². The number of pyridine rings is 4. The summed E-state index contributed by atoms with van der Waals surface area (Å²) in [6, 6.07) is 32.5. The van der Waals surface area contributed by atoms with Gasteiger partial charge < -0.3 is 43.8 Å². The van der Waals surface area contributed by atoms with E-state index in [2.05, 4.69) is 80.6 Å². The number of fused-ring (bicyclic) bond motifs is 2. The van der Waals surface area contributed by atoms with E-state index in [0.717, 1.165) is 59.1 Å². The predicted octanol–water partition coefficient (Wildman–Crippen LogP) is 15.0. The number of nitrogens with zero attached hydrogens (tertiary/aromatic N) is 7. The van der Waals surface area contributed by atoms with Gasteiger partial charge in [-0.3, -0.25) is 4.79 Å². The number of piperazine rings is 2. The number of anilines is 2. The number of ether oxygens (including phenoxy) is 1. The number of benzene rings is 2. The molecule has 3 N–H and O–H groups in total. The van der Waals surface area contributed by atoms with Crippen molar-refractivity contribution in [1.29, 1.82) is 0 Å². The molecule has 8 heterocycles. The SMILES string of the molecule is C.C.C.CC(C)(C)c1cc(-c2ccc(Cl)cc2)nc2cc(C(=O)N3CCN(c4cccc(C(=O)O)n4)CC3(C)C)oc12.CC(C)(C)c1cc(-c2ccc(Cl)cc2)nc2cc(C(=O)O)oc12.CCOC(=O)c1cccc(N2CCNC(C)(C)C2)n1.[HH].[V]. The first-order chi connectivity index (χ1) is 38.1. The van der Waals surface area contributed by atoms with Crippen LogP contribution in [0.4, 0.5) is 11.6 Å². The molecule has 0 unspecified atom stereocenters. The maximum Gasteiger partial charge on any atom is 0.371 e. The van der Waals surface area contributed by atoms with Crippen LogP contribution in [-0.2, 0) is 34.1 Å². The molecule has 0 atom stereocenters. The van der Waals surface area contributed by atoms with Gasteiger partial charge in [-0.1, -0.05) is 123 Å². The van der Waals surface area contributed by atoms with Crippen molar-refractivity contribution in [3.8, 4) is 22.5 Å². The van der Waals surface area contributed by atoms with Gasteiger partial charge in [-0.15, -0.1) is 0 Å². The molecule has 455 valence electrons. The minimum atomic E-state index is -1.10. The number of esters is 1. The summed E-state index contributed by atoms with van der Waals surface area (Å²) in [7, 11) is 0. The van der Waals surface area contributed by atoms with Crippen molar-refractivity contribution in [3.63, 3.8) is 0 Å². The van der Waals surface area contributed by atoms with Gasteiger partial charge in [0.25, 0.3) is 5.91 Å². The summed E-state index contributed by atoms with van der Waals surface area (Å²) in [6.45, 7) is 27.0. The van der Waals surface area contributed by atoms with Crippen LogP contribution in [0.15, 0.2) is 118 Å². The number of furan rings is 2. The number of hydrogen-bond acceptors (Lipinski definition) is 14. The molecule has 2 saturated heterocycles. The first-order valence-corrected chi connectivity index (χ1v) is 27.4. The first-order valence-electron chi connectivity index (χ1n) is 26.7. The summed E-state index contributed by atoms with van der Waals surface area (Å²) in [4.78, 5) is 72.1. The monoisotopic (exact) mass is 1240 g/mol. The molecular weight excluding hydrogens is 1160 g/mol. The molecule has 1 radical (unpaired) electrons. The molecule has 0 spiro atoms. The van der Waals surface area contributed by atoms with Gasteiger partial charge >= 0.3 is 17.9 Å². The summed E-state index contributed by atoms with van der Waals surface area (Å²) in [5.41, 5.74) is 6.96. The molecule has 2 aliphatic rings. The van der Waals surface area contributed by atoms with Gasteiger partial charge in [-0.2, -0.15) is 0 Å². The molecule has 0 bridgehead atoms. The Labute approximate surface area is 522 Å². The van der Waals surface area contributed by atoms with Gasteiger partial charge in [0, 0.05) is 109 Å². The Morgan fingerprint density at radius 2 is 1.08 bits per heavy atom. The number of aromatic carboxylic acids is 2. The van der Waals surface area contributed by atoms with Crippen molar-refractivity contribution in [1.82, 2.24) is 30.2 Å². The molecule has 0 saturated carbocycles. The summed E-state index contributed by atoms with van der Waals surface area (Å²) >= 11 is 12.0. The molecule has 0 aliphatic carbocycles. The van der Waals surface area contributed by atoms with Crippen LogP contribution in [0.1, 0.15) is 153 Å². The molecule has 17 nitrogen and oxygen atoms in total. The summed E-state index contributed by atoms with van der Waals surface area (Å²) in [5.74, 6) is -1.20. The third-order valence-electron chi connectivity index (χ3n) is 13.8. The van der Waals surface area contributed by atoms with Gasteiger partial charge in [-0.25, -0.2) is 34.3 Å². The van der Waals surface area contributed by atoms with E-state index in [1.54, 1.807) is 48.2 Å². The van der Waals surface area contributed by atoms with E-state index in [-0.39, 0.29) is 87.7 Å². The van der Waals surface area contributed by atoms with Crippen LogP contribution in [0.2, 0.25) is 10.0 Å². The maximum atomic E-state index is 13.8. The number of hydrogen-bond donors (Lipinski definition) is 3. The number of carbonyl (C=O) groups is 4. The zero-order valence-electron chi connectivity index (χ0n) is 47.9. The Morgan fingerprint density at radius 3 is 1.53 bits per heavy atom. The number of halogens is 2. The second kappa shape index (κ2) is 28.3. The Morgan fingerprint density at radius 1 is 0.624 bits per heavy atom. The average molecular weight is 1240 g/mol. The number of carbonyl (C=O) groups excluding carboxylic acids is 2. The molecule has 20 heteroatoms. The van der Waals surface area contributed by atoms with E-state index in [9.17, 15) is 24.3 Å². The second-order valence-corrected chi connectivity index (χ2v) is 24.2. The Hall–Kier alpha value is -7.28. The number of carboxylic acids is 2. The number of nitrogens with one attached hydrogen (secondary N) is 1. The number of carboxylic acid groups (broad SMARTS) is 2. The minimum Gasteiger partial charge on any atom is -0.477 e. The standard InChI is InChI=1S/C30H31ClN4O4.C18H16ClNO3.C14H21N3O2.3CH4.V.H2/c1-29(2,3)20-15-22(18-9-11-19(31)12-10-18)32-23-16-24(39-26(20)23)27(36)35-14-13-34(17-30(35,4)5)25-8-6-7-21(33-25)28(37)38;1-18(2,3)12-8-13(10-4-6-11(19)7-5-10)20-14-9-15(17(21)22)23-16(12)14;1-4-19-13(18)11-6-5-7-12(16-11)17-9-8-15-14(2,3)10-17;;;;;/h6-12,15-16H,13-14,17H2,1-5H3,(H,37,38);4-9H,1-3H3,(H,21,22);5-7,15H,4,8-10H2,1-3H3;3*1H4;;1H. The van der Waals surface area contributed by atoms with Crippen LogP contribution >= 0.6 is 23.2 Å². The van der Waals surface area contributed by atoms with Crippen molar-refractivity contribution < 1.29 is 62.9 Å². The normalized spacial score (nSPS) is 14.4. The average Bonchev–Trinajstić information content (AvgIpc) is 1.77. The van der Waals surface area contributed by atoms with E-state index in [1.165, 1.54) is 12.1 Å². The van der Waals surface area contributed by atoms with Gasteiger partial charge in [0.1, 0.15) is 22.7 Å². The first kappa shape index (κ1) is 70.2. The second-order valence-electron chi connectivity index (χ2n) is 23.3. The fraction of sp³-hybridized carbons (Fsp3) is 0.385. The number of rotatable bonds is 9. The van der Waals surface area contributed by atoms with E-state index in [4.69, 9.17) is 46.9 Å². The maximum absolute atomic E-state index is 13.8. The van der Waals surface area contributed by atoms with Crippen molar-refractivity contribution in [2.24, 2.45) is 0 Å². The van der Waals surface area contributed by atoms with E-state index < -0.39 is 17.5 Å². The molecular formula is C65H82Cl2N8O9V. The van der Waals surface area contributed by atoms with Crippen LogP contribution < -0.4 is 15.1 Å². The molecule has 8 aromatic rings. The predicted molar refractivity (Wildman–Crippen MR) is 339 cm³/mol. The fourth-order valence-corrected chi connectivity index (χ4v) is 9.99. The van der Waals surface area contributed by atoms with Crippen molar-refractivity contribution in [2.75, 3.05) is 55.7 Å². The van der Waals surface area contributed by atoms with Gasteiger partial charge in [0.05, 0.1) is 23.5 Å². The van der Waals surface area contributed by atoms with Gasteiger partial charge in [0.15, 0.2) is 28.3 Å². The van der Waals surface area contributed by atoms with Crippen LogP contribution in [0.3, 0.4) is 0 Å². The molecule has 2 fully saturated rings. The number of amides is 1. The molecule has 2 aromatic carbocycles.